The highest BCUT2D eigenvalue weighted by Gasteiger charge is 2.48. The summed E-state index contributed by atoms with van der Waals surface area (Å²) >= 11 is 0. The minimum atomic E-state index is -1.21. The van der Waals surface area contributed by atoms with Crippen molar-refractivity contribution in [2.24, 2.45) is 0 Å². The van der Waals surface area contributed by atoms with E-state index in [9.17, 15) is 19.2 Å². The van der Waals surface area contributed by atoms with Gasteiger partial charge in [-0.3, -0.25) is 19.8 Å². The van der Waals surface area contributed by atoms with Crippen molar-refractivity contribution in [1.82, 2.24) is 20.9 Å². The van der Waals surface area contributed by atoms with E-state index in [-0.39, 0.29) is 13.2 Å². The summed E-state index contributed by atoms with van der Waals surface area (Å²) in [6, 6.07) is 3.92. The van der Waals surface area contributed by atoms with Gasteiger partial charge in [0, 0.05) is 13.0 Å². The molecule has 0 bridgehead atoms. The number of amides is 6. The van der Waals surface area contributed by atoms with E-state index in [1.165, 1.54) is 0 Å². The van der Waals surface area contributed by atoms with E-state index in [4.69, 9.17) is 9.47 Å². The maximum absolute atomic E-state index is 12.8. The summed E-state index contributed by atoms with van der Waals surface area (Å²) < 4.78 is 10.6. The van der Waals surface area contributed by atoms with Gasteiger partial charge in [-0.25, -0.2) is 9.59 Å². The van der Waals surface area contributed by atoms with Crippen molar-refractivity contribution in [2.75, 3.05) is 19.9 Å². The molecule has 2 aliphatic heterocycles. The summed E-state index contributed by atoms with van der Waals surface area (Å²) in [5.41, 5.74) is -0.444. The molecule has 0 radical (unpaired) electrons. The molecular weight excluding hydrogens is 368 g/mol. The fourth-order valence-electron chi connectivity index (χ4n) is 3.06. The molecule has 3 N–H and O–H groups in total. The van der Waals surface area contributed by atoms with Crippen molar-refractivity contribution in [1.29, 1.82) is 0 Å². The Bertz CT molecular complexity index is 826. The largest absolute Gasteiger partial charge is 0.454 e. The molecule has 2 aliphatic rings. The van der Waals surface area contributed by atoms with E-state index < -0.39 is 36.0 Å². The van der Waals surface area contributed by atoms with E-state index in [0.717, 1.165) is 10.5 Å². The minimum Gasteiger partial charge on any atom is -0.454 e. The van der Waals surface area contributed by atoms with Crippen molar-refractivity contribution in [3.8, 4) is 11.5 Å². The van der Waals surface area contributed by atoms with Crippen molar-refractivity contribution in [3.05, 3.63) is 23.8 Å². The van der Waals surface area contributed by atoms with Crippen LogP contribution in [-0.4, -0.2) is 54.2 Å². The Hall–Kier alpha value is -3.30. The number of carbonyl (C=O) groups is 4. The molecule has 0 unspecified atom stereocenters. The second-order valence-corrected chi connectivity index (χ2v) is 6.82. The van der Waals surface area contributed by atoms with Gasteiger partial charge >= 0.3 is 12.1 Å². The highest BCUT2D eigenvalue weighted by Crippen LogP contribution is 2.34. The normalized spacial score (nSPS) is 20.1. The highest BCUT2D eigenvalue weighted by atomic mass is 16.7. The zero-order valence-electron chi connectivity index (χ0n) is 15.7. The molecule has 1 aromatic rings. The maximum Gasteiger partial charge on any atom is 0.325 e. The molecule has 1 fully saturated rings. The van der Waals surface area contributed by atoms with Crippen molar-refractivity contribution in [3.63, 3.8) is 0 Å². The van der Waals surface area contributed by atoms with Gasteiger partial charge in [0.15, 0.2) is 11.5 Å². The Morgan fingerprint density at radius 1 is 1.25 bits per heavy atom. The van der Waals surface area contributed by atoms with Gasteiger partial charge in [-0.2, -0.15) is 0 Å². The van der Waals surface area contributed by atoms with Gasteiger partial charge in [0.05, 0.1) is 0 Å². The zero-order valence-corrected chi connectivity index (χ0v) is 15.7. The second-order valence-electron chi connectivity index (χ2n) is 6.82. The van der Waals surface area contributed by atoms with Gasteiger partial charge in [0.25, 0.3) is 5.91 Å². The number of nitrogens with zero attached hydrogens (tertiary/aromatic N) is 1. The van der Waals surface area contributed by atoms with Crippen LogP contribution in [0.1, 0.15) is 25.8 Å². The van der Waals surface area contributed by atoms with Gasteiger partial charge in [-0.15, -0.1) is 0 Å². The van der Waals surface area contributed by atoms with Gasteiger partial charge in [0.2, 0.25) is 12.7 Å². The summed E-state index contributed by atoms with van der Waals surface area (Å²) in [4.78, 5) is 49.3. The fourth-order valence-corrected chi connectivity index (χ4v) is 3.06. The number of benzene rings is 1. The topological polar surface area (TPSA) is 126 Å². The molecule has 1 aromatic carbocycles. The molecule has 28 heavy (non-hydrogen) atoms. The maximum atomic E-state index is 12.8. The third-order valence-corrected chi connectivity index (χ3v) is 4.43. The Morgan fingerprint density at radius 2 is 2.00 bits per heavy atom. The van der Waals surface area contributed by atoms with Crippen LogP contribution in [0.15, 0.2) is 18.2 Å². The lowest BCUT2D eigenvalue weighted by atomic mass is 9.92. The van der Waals surface area contributed by atoms with E-state index in [1.807, 2.05) is 6.92 Å². The minimum absolute atomic E-state index is 0.139. The van der Waals surface area contributed by atoms with Crippen LogP contribution in [0.5, 0.6) is 11.5 Å². The molecule has 150 valence electrons. The summed E-state index contributed by atoms with van der Waals surface area (Å²) in [6.45, 7) is 3.47. The first-order valence-electron chi connectivity index (χ1n) is 8.92. The smallest absolute Gasteiger partial charge is 0.325 e. The van der Waals surface area contributed by atoms with Crippen LogP contribution in [0.4, 0.5) is 9.59 Å². The molecule has 10 nitrogen and oxygen atoms in total. The van der Waals surface area contributed by atoms with Crippen LogP contribution >= 0.6 is 0 Å². The Morgan fingerprint density at radius 3 is 2.75 bits per heavy atom. The number of fused-ring (bicyclic) bond motifs is 1. The van der Waals surface area contributed by atoms with E-state index in [0.29, 0.717) is 24.5 Å². The number of rotatable bonds is 6. The number of nitrogens with one attached hydrogen (secondary N) is 3. The highest BCUT2D eigenvalue weighted by molar-refractivity contribution is 6.09. The molecule has 0 aromatic heterocycles. The SMILES string of the molecule is CCCNC(=O)NC(=O)CN1C(=O)N[C@@](C)(Cc2ccc3c(c2)OCO3)C1=O. The summed E-state index contributed by atoms with van der Waals surface area (Å²) in [7, 11) is 0. The van der Waals surface area contributed by atoms with Crippen LogP contribution < -0.4 is 25.4 Å². The second kappa shape index (κ2) is 7.75. The lowest BCUT2D eigenvalue weighted by Gasteiger charge is -2.21. The lowest BCUT2D eigenvalue weighted by Crippen LogP contribution is -2.48. The van der Waals surface area contributed by atoms with Gasteiger partial charge in [-0.05, 0) is 31.0 Å². The monoisotopic (exact) mass is 390 g/mol. The Kier molecular flexibility index (Phi) is 5.39. The molecule has 0 aliphatic carbocycles. The molecule has 3 rings (SSSR count). The average molecular weight is 390 g/mol. The Labute approximate surface area is 161 Å². The third-order valence-electron chi connectivity index (χ3n) is 4.43. The molecule has 0 saturated carbocycles. The third kappa shape index (κ3) is 4.00. The van der Waals surface area contributed by atoms with E-state index in [2.05, 4.69) is 16.0 Å². The molecule has 1 atom stereocenters. The molecule has 0 spiro atoms. The predicted molar refractivity (Wildman–Crippen MR) is 96.8 cm³/mol. The van der Waals surface area contributed by atoms with Crippen LogP contribution in [0.2, 0.25) is 0 Å². The fraction of sp³-hybridized carbons (Fsp3) is 0.444. The molecule has 2 heterocycles. The number of ether oxygens (including phenoxy) is 2. The van der Waals surface area contributed by atoms with Crippen LogP contribution in [0, 0.1) is 0 Å². The molecule has 1 saturated heterocycles. The van der Waals surface area contributed by atoms with Gasteiger partial charge in [-0.1, -0.05) is 13.0 Å². The van der Waals surface area contributed by atoms with Crippen molar-refractivity contribution in [2.45, 2.75) is 32.2 Å². The quantitative estimate of drug-likeness (QED) is 0.608. The lowest BCUT2D eigenvalue weighted by molar-refractivity contribution is -0.134. The van der Waals surface area contributed by atoms with Crippen LogP contribution in [0.25, 0.3) is 0 Å². The summed E-state index contributed by atoms with van der Waals surface area (Å²) in [5, 5.41) is 7.20. The summed E-state index contributed by atoms with van der Waals surface area (Å²) in [6.07, 6.45) is 0.927. The number of urea groups is 2. The average Bonchev–Trinajstić information content (AvgIpc) is 3.18. The number of hydrogen-bond acceptors (Lipinski definition) is 6. The van der Waals surface area contributed by atoms with Gasteiger partial charge in [0.1, 0.15) is 12.1 Å². The first-order valence-corrected chi connectivity index (χ1v) is 8.92. The van der Waals surface area contributed by atoms with E-state index in [1.54, 1.807) is 25.1 Å². The number of hydrogen-bond donors (Lipinski definition) is 3. The Balaban J connectivity index is 1.63. The van der Waals surface area contributed by atoms with Crippen LogP contribution in [-0.2, 0) is 16.0 Å². The van der Waals surface area contributed by atoms with Crippen molar-refractivity contribution < 1.29 is 28.7 Å². The molecule has 10 heteroatoms. The first kappa shape index (κ1) is 19.5. The molecule has 6 amide bonds. The number of imide groups is 2. The predicted octanol–water partition coefficient (Wildman–Crippen LogP) is 0.504. The first-order chi connectivity index (χ1) is 13.3. The van der Waals surface area contributed by atoms with Gasteiger partial charge < -0.3 is 20.1 Å². The summed E-state index contributed by atoms with van der Waals surface area (Å²) in [5.74, 6) is -0.0914. The standard InChI is InChI=1S/C18H22N4O6/c1-3-6-19-16(25)20-14(23)9-22-15(24)18(2,21-17(22)26)8-11-4-5-12-13(7-11)28-10-27-12/h4-5,7H,3,6,8-10H2,1-2H3,(H,21,26)(H2,19,20,23,25)/t18-/m0/s1. The van der Waals surface area contributed by atoms with Crippen LogP contribution in [0.3, 0.4) is 0 Å². The van der Waals surface area contributed by atoms with Crippen molar-refractivity contribution >= 4 is 23.9 Å². The zero-order chi connectivity index (χ0) is 20.3. The number of carbonyl (C=O) groups excluding carboxylic acids is 4. The molecular formula is C18H22N4O6. The van der Waals surface area contributed by atoms with E-state index >= 15 is 0 Å².